The molecule has 3 rings (SSSR count). The van der Waals surface area contributed by atoms with Crippen molar-refractivity contribution in [1.82, 2.24) is 5.32 Å². The maximum absolute atomic E-state index is 12.6. The van der Waals surface area contributed by atoms with Crippen LogP contribution in [0.2, 0.25) is 0 Å². The molecule has 150 valence electrons. The van der Waals surface area contributed by atoms with Gasteiger partial charge in [0, 0.05) is 17.5 Å². The standard InChI is InChI=1S/C20H21F3N2O3/c21-20(22,23)15-7-9-16(10-8-15)25-19(27)14-5-3-13(4-6-14)18(26)24-12-17-2-1-11-28-17/h1-2,7-11,13-14H,3-6,12H2,(H,24,26)(H,25,27). The van der Waals surface area contributed by atoms with E-state index in [4.69, 9.17) is 4.42 Å². The molecule has 1 aliphatic carbocycles. The van der Waals surface area contributed by atoms with Gasteiger partial charge in [-0.3, -0.25) is 9.59 Å². The van der Waals surface area contributed by atoms with Gasteiger partial charge in [-0.2, -0.15) is 13.2 Å². The van der Waals surface area contributed by atoms with E-state index in [0.717, 1.165) is 12.1 Å². The number of alkyl halides is 3. The summed E-state index contributed by atoms with van der Waals surface area (Å²) in [6.07, 6.45) is -0.554. The molecule has 1 aromatic carbocycles. The highest BCUT2D eigenvalue weighted by Crippen LogP contribution is 2.31. The molecule has 0 unspecified atom stereocenters. The Hall–Kier alpha value is -2.77. The van der Waals surface area contributed by atoms with E-state index < -0.39 is 11.7 Å². The summed E-state index contributed by atoms with van der Waals surface area (Å²) in [4.78, 5) is 24.6. The minimum absolute atomic E-state index is 0.0574. The maximum Gasteiger partial charge on any atom is 0.416 e. The van der Waals surface area contributed by atoms with Gasteiger partial charge in [-0.15, -0.1) is 0 Å². The number of furan rings is 1. The highest BCUT2D eigenvalue weighted by Gasteiger charge is 2.31. The van der Waals surface area contributed by atoms with Crippen LogP contribution in [0.1, 0.15) is 37.0 Å². The van der Waals surface area contributed by atoms with E-state index in [2.05, 4.69) is 10.6 Å². The fourth-order valence-corrected chi connectivity index (χ4v) is 3.34. The number of carbonyl (C=O) groups is 2. The molecule has 28 heavy (non-hydrogen) atoms. The summed E-state index contributed by atoms with van der Waals surface area (Å²) in [5, 5.41) is 5.49. The van der Waals surface area contributed by atoms with Crippen molar-refractivity contribution in [1.29, 1.82) is 0 Å². The molecule has 0 aliphatic heterocycles. The molecule has 0 saturated heterocycles. The van der Waals surface area contributed by atoms with Crippen LogP contribution in [0.15, 0.2) is 47.1 Å². The van der Waals surface area contributed by atoms with Crippen LogP contribution >= 0.6 is 0 Å². The third kappa shape index (κ3) is 5.15. The van der Waals surface area contributed by atoms with Crippen LogP contribution in [0.4, 0.5) is 18.9 Å². The number of benzene rings is 1. The Morgan fingerprint density at radius 3 is 2.11 bits per heavy atom. The Morgan fingerprint density at radius 2 is 1.57 bits per heavy atom. The first-order valence-electron chi connectivity index (χ1n) is 9.11. The monoisotopic (exact) mass is 394 g/mol. The number of hydrogen-bond donors (Lipinski definition) is 2. The van der Waals surface area contributed by atoms with Crippen molar-refractivity contribution in [2.24, 2.45) is 11.8 Å². The average molecular weight is 394 g/mol. The molecule has 1 aromatic heterocycles. The van der Waals surface area contributed by atoms with Crippen LogP contribution in [0.25, 0.3) is 0 Å². The summed E-state index contributed by atoms with van der Waals surface area (Å²) >= 11 is 0. The molecule has 2 amide bonds. The molecule has 1 saturated carbocycles. The molecule has 1 aliphatic rings. The highest BCUT2D eigenvalue weighted by molar-refractivity contribution is 5.92. The number of anilines is 1. The Kier molecular flexibility index (Phi) is 6.06. The first kappa shape index (κ1) is 20.0. The second kappa shape index (κ2) is 8.50. The molecular weight excluding hydrogens is 373 g/mol. The van der Waals surface area contributed by atoms with Gasteiger partial charge in [-0.1, -0.05) is 0 Å². The molecule has 2 aromatic rings. The van der Waals surface area contributed by atoms with E-state index >= 15 is 0 Å². The second-order valence-corrected chi connectivity index (χ2v) is 6.91. The van der Waals surface area contributed by atoms with Crippen LogP contribution in [0, 0.1) is 11.8 Å². The predicted octanol–water partition coefficient (Wildman–Crippen LogP) is 4.36. The van der Waals surface area contributed by atoms with Gasteiger partial charge in [0.05, 0.1) is 18.4 Å². The average Bonchev–Trinajstić information content (AvgIpc) is 3.19. The van der Waals surface area contributed by atoms with Crippen molar-refractivity contribution in [3.05, 3.63) is 54.0 Å². The van der Waals surface area contributed by atoms with Gasteiger partial charge in [-0.25, -0.2) is 0 Å². The molecule has 1 heterocycles. The van der Waals surface area contributed by atoms with E-state index in [9.17, 15) is 22.8 Å². The van der Waals surface area contributed by atoms with E-state index in [1.807, 2.05) is 0 Å². The van der Waals surface area contributed by atoms with Gasteiger partial charge in [0.2, 0.25) is 11.8 Å². The van der Waals surface area contributed by atoms with Gasteiger partial charge in [0.25, 0.3) is 0 Å². The Balaban J connectivity index is 1.45. The maximum atomic E-state index is 12.6. The lowest BCUT2D eigenvalue weighted by molar-refractivity contribution is -0.137. The minimum atomic E-state index is -4.40. The van der Waals surface area contributed by atoms with Gasteiger partial charge in [0.1, 0.15) is 5.76 Å². The first-order chi connectivity index (χ1) is 13.3. The van der Waals surface area contributed by atoms with E-state index in [1.54, 1.807) is 18.4 Å². The van der Waals surface area contributed by atoms with Crippen molar-refractivity contribution in [3.63, 3.8) is 0 Å². The molecule has 8 heteroatoms. The Labute approximate surface area is 160 Å². The summed E-state index contributed by atoms with van der Waals surface area (Å²) in [5.41, 5.74) is -0.428. The van der Waals surface area contributed by atoms with Crippen molar-refractivity contribution in [2.75, 3.05) is 5.32 Å². The van der Waals surface area contributed by atoms with Crippen molar-refractivity contribution >= 4 is 17.5 Å². The highest BCUT2D eigenvalue weighted by atomic mass is 19.4. The summed E-state index contributed by atoms with van der Waals surface area (Å²) in [6, 6.07) is 7.90. The second-order valence-electron chi connectivity index (χ2n) is 6.91. The van der Waals surface area contributed by atoms with Crippen molar-refractivity contribution in [2.45, 2.75) is 38.4 Å². The van der Waals surface area contributed by atoms with E-state index in [0.29, 0.717) is 43.7 Å². The van der Waals surface area contributed by atoms with Crippen molar-refractivity contribution < 1.29 is 27.2 Å². The number of carbonyl (C=O) groups excluding carboxylic acids is 2. The largest absolute Gasteiger partial charge is 0.467 e. The Morgan fingerprint density at radius 1 is 0.964 bits per heavy atom. The minimum Gasteiger partial charge on any atom is -0.467 e. The zero-order valence-corrected chi connectivity index (χ0v) is 15.1. The molecular formula is C20H21F3N2O3. The van der Waals surface area contributed by atoms with Crippen molar-refractivity contribution in [3.8, 4) is 0 Å². The summed E-state index contributed by atoms with van der Waals surface area (Å²) < 4.78 is 42.9. The fraction of sp³-hybridized carbons (Fsp3) is 0.400. The SMILES string of the molecule is O=C(NCc1ccco1)C1CCC(C(=O)Nc2ccc(C(F)(F)F)cc2)CC1. The van der Waals surface area contributed by atoms with E-state index in [-0.39, 0.29) is 23.7 Å². The molecule has 0 radical (unpaired) electrons. The molecule has 0 spiro atoms. The van der Waals surface area contributed by atoms with Gasteiger partial charge < -0.3 is 15.1 Å². The molecule has 0 bridgehead atoms. The number of nitrogens with one attached hydrogen (secondary N) is 2. The van der Waals surface area contributed by atoms with Gasteiger partial charge in [-0.05, 0) is 62.1 Å². The topological polar surface area (TPSA) is 71.3 Å². The predicted molar refractivity (Wildman–Crippen MR) is 96.1 cm³/mol. The van der Waals surface area contributed by atoms with Gasteiger partial charge in [0.15, 0.2) is 0 Å². The zero-order chi connectivity index (χ0) is 20.1. The number of amides is 2. The number of rotatable bonds is 5. The first-order valence-corrected chi connectivity index (χ1v) is 9.11. The third-order valence-corrected chi connectivity index (χ3v) is 4.97. The molecule has 1 fully saturated rings. The van der Waals surface area contributed by atoms with Crippen LogP contribution in [-0.2, 0) is 22.3 Å². The number of halogens is 3. The molecule has 2 N–H and O–H groups in total. The quantitative estimate of drug-likeness (QED) is 0.792. The normalized spacial score (nSPS) is 19.8. The summed E-state index contributed by atoms with van der Waals surface area (Å²) in [5.74, 6) is -0.00773. The lowest BCUT2D eigenvalue weighted by atomic mass is 9.81. The lowest BCUT2D eigenvalue weighted by Crippen LogP contribution is -2.35. The van der Waals surface area contributed by atoms with Gasteiger partial charge >= 0.3 is 6.18 Å². The smallest absolute Gasteiger partial charge is 0.416 e. The number of hydrogen-bond acceptors (Lipinski definition) is 3. The summed E-state index contributed by atoms with van der Waals surface area (Å²) in [6.45, 7) is 0.334. The Bertz CT molecular complexity index is 793. The molecule has 0 atom stereocenters. The van der Waals surface area contributed by atoms with Crippen LogP contribution in [0.5, 0.6) is 0 Å². The third-order valence-electron chi connectivity index (χ3n) is 4.97. The van der Waals surface area contributed by atoms with Crippen LogP contribution < -0.4 is 10.6 Å². The van der Waals surface area contributed by atoms with Crippen LogP contribution in [0.3, 0.4) is 0 Å². The fourth-order valence-electron chi connectivity index (χ4n) is 3.34. The zero-order valence-electron chi connectivity index (χ0n) is 15.1. The summed E-state index contributed by atoms with van der Waals surface area (Å²) in [7, 11) is 0. The van der Waals surface area contributed by atoms with Crippen LogP contribution in [-0.4, -0.2) is 11.8 Å². The van der Waals surface area contributed by atoms with E-state index in [1.165, 1.54) is 12.1 Å². The lowest BCUT2D eigenvalue weighted by Gasteiger charge is -2.27. The molecule has 5 nitrogen and oxygen atoms in total.